The second-order valence-electron chi connectivity index (χ2n) is 4.14. The summed E-state index contributed by atoms with van der Waals surface area (Å²) in [5.74, 6) is 0.321. The fourth-order valence-corrected chi connectivity index (χ4v) is 1.24. The van der Waals surface area contributed by atoms with E-state index in [4.69, 9.17) is 4.74 Å². The maximum Gasteiger partial charge on any atom is 0.273 e. The van der Waals surface area contributed by atoms with E-state index in [9.17, 15) is 4.79 Å². The molecule has 0 saturated heterocycles. The molecule has 0 radical (unpaired) electrons. The van der Waals surface area contributed by atoms with Crippen LogP contribution in [0.4, 0.5) is 0 Å². The normalized spacial score (nSPS) is 10.6. The largest absolute Gasteiger partial charge is 0.489 e. The molecule has 0 unspecified atom stereocenters. The predicted octanol–water partition coefficient (Wildman–Crippen LogP) is 2.01. The molecule has 0 aliphatic rings. The van der Waals surface area contributed by atoms with E-state index in [2.05, 4.69) is 10.3 Å². The first-order valence-corrected chi connectivity index (χ1v) is 5.43. The van der Waals surface area contributed by atoms with Crippen molar-refractivity contribution < 1.29 is 9.53 Å². The zero-order chi connectivity index (χ0) is 12.1. The Bertz CT molecular complexity index is 362. The van der Waals surface area contributed by atoms with Gasteiger partial charge in [-0.3, -0.25) is 4.79 Å². The number of hydrogen-bond acceptors (Lipinski definition) is 3. The maximum absolute atomic E-state index is 11.8. The maximum atomic E-state index is 11.8. The average Bonchev–Trinajstić information content (AvgIpc) is 2.16. The summed E-state index contributed by atoms with van der Waals surface area (Å²) in [5.41, 5.74) is 0.338. The highest BCUT2D eigenvalue weighted by Gasteiger charge is 2.15. The fraction of sp³-hybridized carbons (Fsp3) is 0.500. The molecular weight excluding hydrogens is 204 g/mol. The molecule has 1 aromatic rings. The van der Waals surface area contributed by atoms with E-state index in [-0.39, 0.29) is 18.1 Å². The number of nitrogens with zero attached hydrogens (tertiary/aromatic N) is 1. The second kappa shape index (κ2) is 5.49. The molecule has 1 rings (SSSR count). The molecule has 16 heavy (non-hydrogen) atoms. The van der Waals surface area contributed by atoms with E-state index in [0.29, 0.717) is 11.4 Å². The number of aromatic nitrogens is 1. The molecule has 0 aliphatic heterocycles. The van der Waals surface area contributed by atoms with E-state index in [1.807, 2.05) is 27.7 Å². The highest BCUT2D eigenvalue weighted by Crippen LogP contribution is 2.16. The lowest BCUT2D eigenvalue weighted by atomic mass is 10.3. The second-order valence-corrected chi connectivity index (χ2v) is 4.14. The van der Waals surface area contributed by atoms with Crippen LogP contribution in [0, 0.1) is 0 Å². The van der Waals surface area contributed by atoms with Crippen molar-refractivity contribution in [2.75, 3.05) is 0 Å². The summed E-state index contributed by atoms with van der Waals surface area (Å²) < 4.78 is 5.52. The first-order valence-electron chi connectivity index (χ1n) is 5.43. The van der Waals surface area contributed by atoms with E-state index in [0.717, 1.165) is 0 Å². The molecule has 88 valence electrons. The third-order valence-corrected chi connectivity index (χ3v) is 1.77. The fourth-order valence-electron chi connectivity index (χ4n) is 1.24. The Kier molecular flexibility index (Phi) is 4.28. The molecular formula is C12H18N2O2. The Labute approximate surface area is 96.0 Å². The van der Waals surface area contributed by atoms with Crippen molar-refractivity contribution in [1.82, 2.24) is 10.3 Å². The lowest BCUT2D eigenvalue weighted by molar-refractivity contribution is 0.0931. The molecule has 0 saturated carbocycles. The topological polar surface area (TPSA) is 51.2 Å². The number of carbonyl (C=O) groups is 1. The van der Waals surface area contributed by atoms with Crippen LogP contribution in [0.25, 0.3) is 0 Å². The lowest BCUT2D eigenvalue weighted by Crippen LogP contribution is -2.31. The number of pyridine rings is 1. The average molecular weight is 222 g/mol. The van der Waals surface area contributed by atoms with Gasteiger partial charge < -0.3 is 10.1 Å². The highest BCUT2D eigenvalue weighted by atomic mass is 16.5. The molecule has 4 heteroatoms. The SMILES string of the molecule is CC(C)NC(=O)c1ncccc1OC(C)C. The third kappa shape index (κ3) is 3.53. The van der Waals surface area contributed by atoms with Crippen LogP contribution in [-0.2, 0) is 0 Å². The van der Waals surface area contributed by atoms with Crippen LogP contribution in [0.3, 0.4) is 0 Å². The zero-order valence-electron chi connectivity index (χ0n) is 10.2. The molecule has 1 N–H and O–H groups in total. The van der Waals surface area contributed by atoms with Crippen molar-refractivity contribution in [3.05, 3.63) is 24.0 Å². The van der Waals surface area contributed by atoms with E-state index < -0.39 is 0 Å². The Hall–Kier alpha value is -1.58. The molecule has 1 heterocycles. The van der Waals surface area contributed by atoms with Gasteiger partial charge in [0.2, 0.25) is 0 Å². The molecule has 4 nitrogen and oxygen atoms in total. The van der Waals surface area contributed by atoms with Gasteiger partial charge in [0.1, 0.15) is 0 Å². The van der Waals surface area contributed by atoms with E-state index in [1.165, 1.54) is 0 Å². The quantitative estimate of drug-likeness (QED) is 0.847. The number of rotatable bonds is 4. The monoisotopic (exact) mass is 222 g/mol. The van der Waals surface area contributed by atoms with Crippen molar-refractivity contribution in [3.8, 4) is 5.75 Å². The lowest BCUT2D eigenvalue weighted by Gasteiger charge is -2.14. The minimum absolute atomic E-state index is 0.0230. The first kappa shape index (κ1) is 12.5. The molecule has 1 amide bonds. The number of hydrogen-bond donors (Lipinski definition) is 1. The van der Waals surface area contributed by atoms with Crippen molar-refractivity contribution in [1.29, 1.82) is 0 Å². The van der Waals surface area contributed by atoms with Crippen molar-refractivity contribution in [3.63, 3.8) is 0 Å². The Morgan fingerprint density at radius 3 is 2.62 bits per heavy atom. The van der Waals surface area contributed by atoms with Gasteiger partial charge in [0.05, 0.1) is 6.10 Å². The van der Waals surface area contributed by atoms with Gasteiger partial charge >= 0.3 is 0 Å². The van der Waals surface area contributed by atoms with Gasteiger partial charge in [0.15, 0.2) is 11.4 Å². The number of amides is 1. The van der Waals surface area contributed by atoms with Crippen LogP contribution < -0.4 is 10.1 Å². The van der Waals surface area contributed by atoms with Crippen molar-refractivity contribution in [2.45, 2.75) is 39.8 Å². The van der Waals surface area contributed by atoms with Crippen LogP contribution in [-0.4, -0.2) is 23.0 Å². The van der Waals surface area contributed by atoms with Crippen LogP contribution in [0.2, 0.25) is 0 Å². The Morgan fingerprint density at radius 1 is 1.38 bits per heavy atom. The summed E-state index contributed by atoms with van der Waals surface area (Å²) >= 11 is 0. The summed E-state index contributed by atoms with van der Waals surface area (Å²) in [6, 6.07) is 3.59. The van der Waals surface area contributed by atoms with Gasteiger partial charge in [-0.25, -0.2) is 4.98 Å². The van der Waals surface area contributed by atoms with Gasteiger partial charge in [-0.2, -0.15) is 0 Å². The van der Waals surface area contributed by atoms with Crippen LogP contribution >= 0.6 is 0 Å². The standard InChI is InChI=1S/C12H18N2O2/c1-8(2)14-12(15)11-10(16-9(3)4)6-5-7-13-11/h5-9H,1-4H3,(H,14,15). The minimum atomic E-state index is -0.203. The molecule has 0 aliphatic carbocycles. The number of nitrogens with one attached hydrogen (secondary N) is 1. The molecule has 0 spiro atoms. The highest BCUT2D eigenvalue weighted by molar-refractivity contribution is 5.95. The van der Waals surface area contributed by atoms with E-state index in [1.54, 1.807) is 18.3 Å². The third-order valence-electron chi connectivity index (χ3n) is 1.77. The smallest absolute Gasteiger partial charge is 0.273 e. The van der Waals surface area contributed by atoms with Gasteiger partial charge in [0.25, 0.3) is 5.91 Å². The predicted molar refractivity (Wildman–Crippen MR) is 62.6 cm³/mol. The summed E-state index contributed by atoms with van der Waals surface area (Å²) in [6.45, 7) is 7.64. The van der Waals surface area contributed by atoms with Gasteiger partial charge in [-0.1, -0.05) is 0 Å². The first-order chi connectivity index (χ1) is 7.50. The summed E-state index contributed by atoms with van der Waals surface area (Å²) in [7, 11) is 0. The number of carbonyl (C=O) groups excluding carboxylic acids is 1. The van der Waals surface area contributed by atoms with Crippen molar-refractivity contribution in [2.24, 2.45) is 0 Å². The van der Waals surface area contributed by atoms with Crippen molar-refractivity contribution >= 4 is 5.91 Å². The summed E-state index contributed by atoms with van der Waals surface area (Å²) in [6.07, 6.45) is 1.61. The van der Waals surface area contributed by atoms with Gasteiger partial charge in [-0.15, -0.1) is 0 Å². The molecule has 0 atom stereocenters. The van der Waals surface area contributed by atoms with Crippen LogP contribution in [0.15, 0.2) is 18.3 Å². The van der Waals surface area contributed by atoms with Crippen LogP contribution in [0.5, 0.6) is 5.75 Å². The van der Waals surface area contributed by atoms with Crippen LogP contribution in [0.1, 0.15) is 38.2 Å². The molecule has 0 bridgehead atoms. The molecule has 0 fully saturated rings. The van der Waals surface area contributed by atoms with Gasteiger partial charge in [-0.05, 0) is 39.8 Å². The summed E-state index contributed by atoms with van der Waals surface area (Å²) in [5, 5.41) is 2.79. The summed E-state index contributed by atoms with van der Waals surface area (Å²) in [4.78, 5) is 15.9. The Balaban J connectivity index is 2.89. The minimum Gasteiger partial charge on any atom is -0.489 e. The number of ether oxygens (including phenoxy) is 1. The zero-order valence-corrected chi connectivity index (χ0v) is 10.2. The molecule has 0 aromatic carbocycles. The Morgan fingerprint density at radius 2 is 2.06 bits per heavy atom. The van der Waals surface area contributed by atoms with Gasteiger partial charge in [0, 0.05) is 12.2 Å². The van der Waals surface area contributed by atoms with E-state index >= 15 is 0 Å². The molecule has 1 aromatic heterocycles.